The average molecular weight is 433 g/mol. The van der Waals surface area contributed by atoms with Crippen molar-refractivity contribution < 1.29 is 9.59 Å². The minimum absolute atomic E-state index is 0.0707. The van der Waals surface area contributed by atoms with Crippen LogP contribution in [0.2, 0.25) is 5.02 Å². The molecule has 0 bridgehead atoms. The lowest BCUT2D eigenvalue weighted by molar-refractivity contribution is -0.138. The van der Waals surface area contributed by atoms with E-state index in [1.807, 2.05) is 57.2 Å². The van der Waals surface area contributed by atoms with Gasteiger partial charge in [-0.1, -0.05) is 55.3 Å². The lowest BCUT2D eigenvalue weighted by atomic mass is 10.1. The molecule has 0 aliphatic rings. The Hall–Kier alpha value is -1.98. The number of carbonyl (C=O) groups is 2. The third kappa shape index (κ3) is 7.75. The number of nitrogens with zero attached hydrogens (tertiary/aromatic N) is 1. The molecule has 1 N–H and O–H groups in total. The second kappa shape index (κ2) is 11.3. The van der Waals surface area contributed by atoms with Crippen molar-refractivity contribution in [1.82, 2.24) is 10.2 Å². The summed E-state index contributed by atoms with van der Waals surface area (Å²) in [7, 11) is 0. The Kier molecular flexibility index (Phi) is 9.05. The molecular formula is C23H29ClN2O2S. The predicted molar refractivity (Wildman–Crippen MR) is 121 cm³/mol. The summed E-state index contributed by atoms with van der Waals surface area (Å²) in [6.45, 7) is 8.89. The van der Waals surface area contributed by atoms with Crippen LogP contribution in [0.15, 0.2) is 53.4 Å². The fourth-order valence-corrected chi connectivity index (χ4v) is 3.71. The second-order valence-corrected chi connectivity index (χ2v) is 9.05. The van der Waals surface area contributed by atoms with Gasteiger partial charge >= 0.3 is 0 Å². The second-order valence-electron chi connectivity index (χ2n) is 7.57. The molecule has 6 heteroatoms. The predicted octanol–water partition coefficient (Wildman–Crippen LogP) is 4.93. The lowest BCUT2D eigenvalue weighted by Crippen LogP contribution is -2.48. The Morgan fingerprint density at radius 1 is 1.10 bits per heavy atom. The van der Waals surface area contributed by atoms with Gasteiger partial charge in [0.15, 0.2) is 0 Å². The van der Waals surface area contributed by atoms with Crippen LogP contribution < -0.4 is 5.32 Å². The number of hydrogen-bond acceptors (Lipinski definition) is 3. The number of rotatable bonds is 9. The Bertz CT molecular complexity index is 824. The van der Waals surface area contributed by atoms with Gasteiger partial charge in [-0.05, 0) is 49.6 Å². The molecule has 0 heterocycles. The van der Waals surface area contributed by atoms with E-state index in [1.54, 1.807) is 24.0 Å². The first-order valence-electron chi connectivity index (χ1n) is 9.77. The third-order valence-electron chi connectivity index (χ3n) is 4.46. The van der Waals surface area contributed by atoms with Crippen LogP contribution in [0.3, 0.4) is 0 Å². The first kappa shape index (κ1) is 23.3. The smallest absolute Gasteiger partial charge is 0.242 e. The van der Waals surface area contributed by atoms with Crippen molar-refractivity contribution >= 4 is 35.2 Å². The number of thioether (sulfide) groups is 1. The Morgan fingerprint density at radius 2 is 1.79 bits per heavy atom. The van der Waals surface area contributed by atoms with Crippen molar-refractivity contribution in [3.05, 3.63) is 64.7 Å². The zero-order chi connectivity index (χ0) is 21.4. The summed E-state index contributed by atoms with van der Waals surface area (Å²) in [5, 5.41) is 3.60. The van der Waals surface area contributed by atoms with E-state index in [-0.39, 0.29) is 17.6 Å². The van der Waals surface area contributed by atoms with Gasteiger partial charge in [0.05, 0.1) is 5.75 Å². The average Bonchev–Trinajstić information content (AvgIpc) is 2.69. The topological polar surface area (TPSA) is 49.4 Å². The van der Waals surface area contributed by atoms with E-state index in [9.17, 15) is 9.59 Å². The standard InChI is InChI=1S/C23H29ClN2O2S/c1-16(2)13-25-23(28)18(4)26(14-19-7-5-6-17(3)12-19)22(27)15-29-21-10-8-20(24)9-11-21/h5-12,16,18H,13-15H2,1-4H3,(H,25,28). The maximum Gasteiger partial charge on any atom is 0.242 e. The number of amides is 2. The molecule has 2 amide bonds. The van der Waals surface area contributed by atoms with Crippen LogP contribution in [-0.4, -0.2) is 35.1 Å². The number of halogens is 1. The highest BCUT2D eigenvalue weighted by Crippen LogP contribution is 2.22. The monoisotopic (exact) mass is 432 g/mol. The van der Waals surface area contributed by atoms with Crippen LogP contribution in [0.4, 0.5) is 0 Å². The van der Waals surface area contributed by atoms with Crippen molar-refractivity contribution in [3.63, 3.8) is 0 Å². The van der Waals surface area contributed by atoms with E-state index in [4.69, 9.17) is 11.6 Å². The highest BCUT2D eigenvalue weighted by atomic mass is 35.5. The highest BCUT2D eigenvalue weighted by Gasteiger charge is 2.26. The fraction of sp³-hybridized carbons (Fsp3) is 0.391. The van der Waals surface area contributed by atoms with Gasteiger partial charge in [-0.25, -0.2) is 0 Å². The van der Waals surface area contributed by atoms with Crippen molar-refractivity contribution in [2.75, 3.05) is 12.3 Å². The van der Waals surface area contributed by atoms with Gasteiger partial charge in [0.1, 0.15) is 6.04 Å². The summed E-state index contributed by atoms with van der Waals surface area (Å²) in [5.41, 5.74) is 2.14. The van der Waals surface area contributed by atoms with Crippen LogP contribution in [0, 0.1) is 12.8 Å². The first-order valence-corrected chi connectivity index (χ1v) is 11.1. The van der Waals surface area contributed by atoms with Gasteiger partial charge in [-0.15, -0.1) is 11.8 Å². The number of carbonyl (C=O) groups excluding carboxylic acids is 2. The lowest BCUT2D eigenvalue weighted by Gasteiger charge is -2.29. The number of hydrogen-bond donors (Lipinski definition) is 1. The van der Waals surface area contributed by atoms with Crippen molar-refractivity contribution in [1.29, 1.82) is 0 Å². The van der Waals surface area contributed by atoms with Gasteiger partial charge in [0.25, 0.3) is 0 Å². The van der Waals surface area contributed by atoms with E-state index in [2.05, 4.69) is 5.32 Å². The molecular weight excluding hydrogens is 404 g/mol. The molecule has 0 saturated heterocycles. The Morgan fingerprint density at radius 3 is 2.41 bits per heavy atom. The number of aryl methyl sites for hydroxylation is 1. The molecule has 0 saturated carbocycles. The summed E-state index contributed by atoms with van der Waals surface area (Å²) >= 11 is 7.37. The molecule has 29 heavy (non-hydrogen) atoms. The van der Waals surface area contributed by atoms with Gasteiger partial charge in [0.2, 0.25) is 11.8 Å². The van der Waals surface area contributed by atoms with E-state index < -0.39 is 6.04 Å². The van der Waals surface area contributed by atoms with Crippen molar-refractivity contribution in [2.45, 2.75) is 45.2 Å². The molecule has 4 nitrogen and oxygen atoms in total. The van der Waals surface area contributed by atoms with E-state index in [1.165, 1.54) is 11.8 Å². The number of nitrogens with one attached hydrogen (secondary N) is 1. The van der Waals surface area contributed by atoms with Crippen LogP contribution >= 0.6 is 23.4 Å². The quantitative estimate of drug-likeness (QED) is 0.571. The van der Waals surface area contributed by atoms with Crippen molar-refractivity contribution in [3.8, 4) is 0 Å². The molecule has 156 valence electrons. The van der Waals surface area contributed by atoms with Crippen LogP contribution in [-0.2, 0) is 16.1 Å². The minimum Gasteiger partial charge on any atom is -0.354 e. The zero-order valence-corrected chi connectivity index (χ0v) is 19.0. The molecule has 2 aromatic rings. The summed E-state index contributed by atoms with van der Waals surface area (Å²) < 4.78 is 0. The van der Waals surface area contributed by atoms with Gasteiger partial charge < -0.3 is 10.2 Å². The third-order valence-corrected chi connectivity index (χ3v) is 5.71. The highest BCUT2D eigenvalue weighted by molar-refractivity contribution is 8.00. The van der Waals surface area contributed by atoms with Crippen LogP contribution in [0.1, 0.15) is 31.9 Å². The maximum absolute atomic E-state index is 13.1. The molecule has 2 rings (SSSR count). The SMILES string of the molecule is Cc1cccc(CN(C(=O)CSc2ccc(Cl)cc2)C(C)C(=O)NCC(C)C)c1. The molecule has 0 fully saturated rings. The van der Waals surface area contributed by atoms with Gasteiger partial charge in [0, 0.05) is 23.0 Å². The van der Waals surface area contributed by atoms with E-state index in [0.717, 1.165) is 16.0 Å². The zero-order valence-electron chi connectivity index (χ0n) is 17.4. The molecule has 0 radical (unpaired) electrons. The molecule has 0 aliphatic heterocycles. The Balaban J connectivity index is 2.12. The summed E-state index contributed by atoms with van der Waals surface area (Å²) in [5.74, 6) is 0.414. The molecule has 0 spiro atoms. The molecule has 1 atom stereocenters. The minimum atomic E-state index is -0.549. The number of benzene rings is 2. The molecule has 0 aliphatic carbocycles. The van der Waals surface area contributed by atoms with Crippen LogP contribution in [0.25, 0.3) is 0 Å². The first-order chi connectivity index (χ1) is 13.8. The summed E-state index contributed by atoms with van der Waals surface area (Å²) in [4.78, 5) is 28.3. The van der Waals surface area contributed by atoms with Gasteiger partial charge in [-0.3, -0.25) is 9.59 Å². The van der Waals surface area contributed by atoms with Crippen LogP contribution in [0.5, 0.6) is 0 Å². The largest absolute Gasteiger partial charge is 0.354 e. The van der Waals surface area contributed by atoms with E-state index in [0.29, 0.717) is 24.0 Å². The van der Waals surface area contributed by atoms with E-state index >= 15 is 0 Å². The summed E-state index contributed by atoms with van der Waals surface area (Å²) in [6.07, 6.45) is 0. The molecule has 0 aromatic heterocycles. The normalized spacial score (nSPS) is 11.9. The molecule has 2 aromatic carbocycles. The van der Waals surface area contributed by atoms with Gasteiger partial charge in [-0.2, -0.15) is 0 Å². The molecule has 1 unspecified atom stereocenters. The Labute approximate surface area is 183 Å². The maximum atomic E-state index is 13.1. The summed E-state index contributed by atoms with van der Waals surface area (Å²) in [6, 6.07) is 14.9. The van der Waals surface area contributed by atoms with Crippen molar-refractivity contribution in [2.24, 2.45) is 5.92 Å². The fourth-order valence-electron chi connectivity index (χ4n) is 2.80.